The van der Waals surface area contributed by atoms with Gasteiger partial charge < -0.3 is 0 Å². The lowest BCUT2D eigenvalue weighted by molar-refractivity contribution is 0.261. The summed E-state index contributed by atoms with van der Waals surface area (Å²) in [5.74, 6) is 1.89. The Bertz CT molecular complexity index is 294. The number of halogens is 1. The van der Waals surface area contributed by atoms with Gasteiger partial charge in [0.15, 0.2) is 0 Å². The molecule has 0 N–H and O–H groups in total. The van der Waals surface area contributed by atoms with Crippen LogP contribution in [0.25, 0.3) is 0 Å². The highest BCUT2D eigenvalue weighted by atomic mass is 79.9. The highest BCUT2D eigenvalue weighted by Crippen LogP contribution is 2.37. The van der Waals surface area contributed by atoms with Gasteiger partial charge in [0.2, 0.25) is 0 Å². The van der Waals surface area contributed by atoms with E-state index in [0.29, 0.717) is 0 Å². The summed E-state index contributed by atoms with van der Waals surface area (Å²) in [5.41, 5.74) is 1.53. The van der Waals surface area contributed by atoms with Gasteiger partial charge in [-0.25, -0.2) is 0 Å². The van der Waals surface area contributed by atoms with Crippen molar-refractivity contribution in [3.8, 4) is 0 Å². The molecule has 90 valence electrons. The second-order valence-corrected chi connectivity index (χ2v) is 6.99. The molecule has 0 nitrogen and oxygen atoms in total. The molecule has 2 heteroatoms. The van der Waals surface area contributed by atoms with Crippen molar-refractivity contribution in [2.45, 2.75) is 50.3 Å². The SMILES string of the molecule is CCC1CCC(Br)C(CCc2ccsc2)C1. The van der Waals surface area contributed by atoms with Crippen molar-refractivity contribution in [2.75, 3.05) is 0 Å². The van der Waals surface area contributed by atoms with Gasteiger partial charge in [0.25, 0.3) is 0 Å². The highest BCUT2D eigenvalue weighted by Gasteiger charge is 2.27. The lowest BCUT2D eigenvalue weighted by Crippen LogP contribution is -2.25. The number of hydrogen-bond acceptors (Lipinski definition) is 1. The van der Waals surface area contributed by atoms with Crippen LogP contribution in [-0.4, -0.2) is 4.83 Å². The molecule has 3 unspecified atom stereocenters. The minimum absolute atomic E-state index is 0.772. The van der Waals surface area contributed by atoms with Gasteiger partial charge >= 0.3 is 0 Å². The molecular weight excluding hydrogens is 280 g/mol. The average Bonchev–Trinajstić information content (AvgIpc) is 2.81. The highest BCUT2D eigenvalue weighted by molar-refractivity contribution is 9.09. The van der Waals surface area contributed by atoms with Gasteiger partial charge in [0.05, 0.1) is 0 Å². The van der Waals surface area contributed by atoms with Crippen molar-refractivity contribution >= 4 is 27.3 Å². The van der Waals surface area contributed by atoms with E-state index in [-0.39, 0.29) is 0 Å². The summed E-state index contributed by atoms with van der Waals surface area (Å²) in [6.45, 7) is 2.34. The summed E-state index contributed by atoms with van der Waals surface area (Å²) in [5, 5.41) is 4.49. The Labute approximate surface area is 112 Å². The van der Waals surface area contributed by atoms with E-state index in [9.17, 15) is 0 Å². The van der Waals surface area contributed by atoms with E-state index in [1.807, 2.05) is 11.3 Å². The molecule has 16 heavy (non-hydrogen) atoms. The molecule has 1 aromatic heterocycles. The topological polar surface area (TPSA) is 0 Å². The monoisotopic (exact) mass is 300 g/mol. The molecule has 0 saturated heterocycles. The van der Waals surface area contributed by atoms with E-state index < -0.39 is 0 Å². The minimum Gasteiger partial charge on any atom is -0.152 e. The van der Waals surface area contributed by atoms with E-state index in [0.717, 1.165) is 16.7 Å². The number of thiophene rings is 1. The largest absolute Gasteiger partial charge is 0.152 e. The third-order valence-corrected chi connectivity index (χ3v) is 5.90. The fourth-order valence-electron chi connectivity index (χ4n) is 2.78. The molecule has 0 amide bonds. The smallest absolute Gasteiger partial charge is 0.0174 e. The zero-order valence-corrected chi connectivity index (χ0v) is 12.4. The second-order valence-electron chi connectivity index (χ2n) is 5.03. The lowest BCUT2D eigenvalue weighted by Gasteiger charge is -2.32. The lowest BCUT2D eigenvalue weighted by atomic mass is 9.78. The minimum atomic E-state index is 0.772. The number of aryl methyl sites for hydroxylation is 1. The van der Waals surface area contributed by atoms with E-state index >= 15 is 0 Å². The van der Waals surface area contributed by atoms with Crippen LogP contribution in [-0.2, 0) is 6.42 Å². The first-order chi connectivity index (χ1) is 7.79. The summed E-state index contributed by atoms with van der Waals surface area (Å²) in [7, 11) is 0. The van der Waals surface area contributed by atoms with Crippen LogP contribution in [0.2, 0.25) is 0 Å². The van der Waals surface area contributed by atoms with Crippen molar-refractivity contribution in [1.29, 1.82) is 0 Å². The Morgan fingerprint density at radius 3 is 3.00 bits per heavy atom. The van der Waals surface area contributed by atoms with Crippen molar-refractivity contribution in [2.24, 2.45) is 11.8 Å². The molecular formula is C14H21BrS. The predicted molar refractivity (Wildman–Crippen MR) is 76.5 cm³/mol. The standard InChI is InChI=1S/C14H21BrS/c1-2-11-4-6-14(15)13(9-11)5-3-12-7-8-16-10-12/h7-8,10-11,13-14H,2-6,9H2,1H3. The van der Waals surface area contributed by atoms with Gasteiger partial charge in [-0.05, 0) is 66.3 Å². The Morgan fingerprint density at radius 2 is 2.31 bits per heavy atom. The van der Waals surface area contributed by atoms with Crippen LogP contribution in [0.1, 0.15) is 44.6 Å². The van der Waals surface area contributed by atoms with Crippen LogP contribution in [0.15, 0.2) is 16.8 Å². The quantitative estimate of drug-likeness (QED) is 0.665. The van der Waals surface area contributed by atoms with E-state index in [4.69, 9.17) is 0 Å². The Kier molecular flexibility index (Phi) is 4.90. The van der Waals surface area contributed by atoms with Crippen molar-refractivity contribution in [1.82, 2.24) is 0 Å². The molecule has 0 aromatic carbocycles. The molecule has 2 rings (SSSR count). The normalized spacial score (nSPS) is 30.5. The molecule has 0 bridgehead atoms. The molecule has 1 fully saturated rings. The molecule has 3 atom stereocenters. The van der Waals surface area contributed by atoms with Crippen LogP contribution in [0.3, 0.4) is 0 Å². The van der Waals surface area contributed by atoms with Crippen LogP contribution >= 0.6 is 27.3 Å². The maximum absolute atomic E-state index is 3.88. The second kappa shape index (κ2) is 6.20. The Balaban J connectivity index is 1.82. The maximum Gasteiger partial charge on any atom is 0.0174 e. The third-order valence-electron chi connectivity index (χ3n) is 3.96. The van der Waals surface area contributed by atoms with E-state index in [1.165, 1.54) is 44.1 Å². The van der Waals surface area contributed by atoms with Crippen molar-refractivity contribution in [3.63, 3.8) is 0 Å². The van der Waals surface area contributed by atoms with E-state index in [2.05, 4.69) is 39.7 Å². The number of alkyl halides is 1. The Hall–Kier alpha value is 0.180. The third kappa shape index (κ3) is 3.33. The molecule has 0 aliphatic heterocycles. The van der Waals surface area contributed by atoms with Crippen LogP contribution in [0, 0.1) is 11.8 Å². The molecule has 1 aromatic rings. The summed E-state index contributed by atoms with van der Waals surface area (Å²) >= 11 is 5.70. The first-order valence-electron chi connectivity index (χ1n) is 6.44. The zero-order chi connectivity index (χ0) is 11.4. The maximum atomic E-state index is 3.88. The summed E-state index contributed by atoms with van der Waals surface area (Å²) in [6, 6.07) is 2.27. The summed E-state index contributed by atoms with van der Waals surface area (Å²) in [6.07, 6.45) is 8.26. The number of hydrogen-bond donors (Lipinski definition) is 0. The molecule has 1 saturated carbocycles. The van der Waals surface area contributed by atoms with Gasteiger partial charge in [-0.1, -0.05) is 29.3 Å². The van der Waals surface area contributed by atoms with Crippen LogP contribution < -0.4 is 0 Å². The number of rotatable bonds is 4. The van der Waals surface area contributed by atoms with Gasteiger partial charge in [-0.2, -0.15) is 11.3 Å². The van der Waals surface area contributed by atoms with Gasteiger partial charge in [0.1, 0.15) is 0 Å². The molecule has 0 radical (unpaired) electrons. The van der Waals surface area contributed by atoms with Crippen molar-refractivity contribution in [3.05, 3.63) is 22.4 Å². The van der Waals surface area contributed by atoms with E-state index in [1.54, 1.807) is 0 Å². The van der Waals surface area contributed by atoms with Crippen LogP contribution in [0.5, 0.6) is 0 Å². The molecule has 1 aliphatic rings. The Morgan fingerprint density at radius 1 is 1.44 bits per heavy atom. The molecule has 0 spiro atoms. The van der Waals surface area contributed by atoms with Gasteiger partial charge in [0, 0.05) is 4.83 Å². The van der Waals surface area contributed by atoms with Crippen LogP contribution in [0.4, 0.5) is 0 Å². The summed E-state index contributed by atoms with van der Waals surface area (Å²) < 4.78 is 0. The fraction of sp³-hybridized carbons (Fsp3) is 0.714. The average molecular weight is 301 g/mol. The molecule has 1 aliphatic carbocycles. The fourth-order valence-corrected chi connectivity index (χ4v) is 4.23. The first-order valence-corrected chi connectivity index (χ1v) is 8.30. The summed E-state index contributed by atoms with van der Waals surface area (Å²) in [4.78, 5) is 0.772. The van der Waals surface area contributed by atoms with Gasteiger partial charge in [-0.15, -0.1) is 0 Å². The molecule has 1 heterocycles. The predicted octanol–water partition coefficient (Wildman–Crippen LogP) is 5.27. The first kappa shape index (κ1) is 12.6. The van der Waals surface area contributed by atoms with Crippen molar-refractivity contribution < 1.29 is 0 Å². The van der Waals surface area contributed by atoms with Gasteiger partial charge in [-0.3, -0.25) is 0 Å². The zero-order valence-electron chi connectivity index (χ0n) is 9.99.